The van der Waals surface area contributed by atoms with Crippen molar-refractivity contribution in [2.24, 2.45) is 11.3 Å². The molecule has 0 amide bonds. The molecule has 0 spiro atoms. The third-order valence-corrected chi connectivity index (χ3v) is 7.41. The molecule has 0 aliphatic heterocycles. The van der Waals surface area contributed by atoms with E-state index in [0.717, 1.165) is 21.7 Å². The summed E-state index contributed by atoms with van der Waals surface area (Å²) in [5.74, 6) is -0.827. The molecule has 2 atom stereocenters. The first-order chi connectivity index (χ1) is 15.1. The van der Waals surface area contributed by atoms with Crippen LogP contribution in [0.2, 0.25) is 5.02 Å². The summed E-state index contributed by atoms with van der Waals surface area (Å²) in [6, 6.07) is 6.03. The number of nitrogens with zero attached hydrogens (tertiary/aromatic N) is 3. The maximum Gasteiger partial charge on any atom is 0.307 e. The molecule has 3 aromatic rings. The third-order valence-electron chi connectivity index (χ3n) is 5.98. The van der Waals surface area contributed by atoms with Crippen LogP contribution in [0.5, 0.6) is 0 Å². The number of aryl methyl sites for hydroxylation is 1. The van der Waals surface area contributed by atoms with Crippen LogP contribution in [0.4, 0.5) is 11.6 Å². The zero-order chi connectivity index (χ0) is 23.1. The van der Waals surface area contributed by atoms with Crippen LogP contribution in [0.1, 0.15) is 43.7 Å². The van der Waals surface area contributed by atoms with Gasteiger partial charge in [0.15, 0.2) is 0 Å². The summed E-state index contributed by atoms with van der Waals surface area (Å²) in [7, 11) is 0. The second-order valence-electron chi connectivity index (χ2n) is 9.09. The second kappa shape index (κ2) is 8.42. The molecule has 1 aliphatic rings. The Morgan fingerprint density at radius 3 is 2.56 bits per heavy atom. The number of aromatic nitrogens is 3. The first-order valence-corrected chi connectivity index (χ1v) is 11.5. The van der Waals surface area contributed by atoms with Gasteiger partial charge in [-0.3, -0.25) is 4.79 Å². The number of hydrogen-bond donors (Lipinski definition) is 3. The Morgan fingerprint density at radius 1 is 1.19 bits per heavy atom. The summed E-state index contributed by atoms with van der Waals surface area (Å²) in [6.07, 6.45) is 6.00. The van der Waals surface area contributed by atoms with E-state index in [9.17, 15) is 15.0 Å². The van der Waals surface area contributed by atoms with Gasteiger partial charge in [0.25, 0.3) is 0 Å². The molecular weight excluding hydrogens is 448 g/mol. The molecule has 1 aliphatic carbocycles. The van der Waals surface area contributed by atoms with Gasteiger partial charge in [-0.25, -0.2) is 15.0 Å². The van der Waals surface area contributed by atoms with E-state index in [1.54, 1.807) is 6.20 Å². The molecule has 2 heterocycles. The van der Waals surface area contributed by atoms with E-state index in [2.05, 4.69) is 26.3 Å². The maximum atomic E-state index is 11.6. The quantitative estimate of drug-likeness (QED) is 0.456. The van der Waals surface area contributed by atoms with Crippen molar-refractivity contribution in [1.82, 2.24) is 15.0 Å². The predicted octanol–water partition coefficient (Wildman–Crippen LogP) is 5.40. The molecule has 1 fully saturated rings. The van der Waals surface area contributed by atoms with Crippen molar-refractivity contribution in [2.45, 2.75) is 45.6 Å². The predicted molar refractivity (Wildman–Crippen MR) is 125 cm³/mol. The largest absolute Gasteiger partial charge is 0.481 e. The summed E-state index contributed by atoms with van der Waals surface area (Å²) < 4.78 is 0. The van der Waals surface area contributed by atoms with E-state index in [1.165, 1.54) is 23.7 Å². The molecule has 7 nitrogen and oxygen atoms in total. The standard InChI is InChI=1S/C23H25ClN4O3S/c1-13-6-14(8-16(7-13)28-21-26-9-15(24)10-27-21)18-11-25-20(32-18)23(31)5-4-17(19(29)30)22(2,3)12-23/h6-11,17,31H,4-5,12H2,1-3H3,(H,29,30)(H,26,27,28). The zero-order valence-corrected chi connectivity index (χ0v) is 19.7. The normalized spacial score (nSPS) is 22.5. The third kappa shape index (κ3) is 4.62. The Kier molecular flexibility index (Phi) is 5.96. The van der Waals surface area contributed by atoms with Gasteiger partial charge < -0.3 is 15.5 Å². The highest BCUT2D eigenvalue weighted by Gasteiger charge is 2.49. The number of aliphatic hydroxyl groups is 1. The molecule has 3 N–H and O–H groups in total. The minimum absolute atomic E-state index is 0.360. The lowest BCUT2D eigenvalue weighted by molar-refractivity contribution is -0.154. The molecule has 1 saturated carbocycles. The molecule has 2 aromatic heterocycles. The SMILES string of the molecule is Cc1cc(Nc2ncc(Cl)cn2)cc(-c2cnc(C3(O)CCC(C(=O)O)C(C)(C)C3)s2)c1. The smallest absolute Gasteiger partial charge is 0.307 e. The molecule has 32 heavy (non-hydrogen) atoms. The van der Waals surface area contributed by atoms with Crippen LogP contribution in [-0.4, -0.2) is 31.1 Å². The van der Waals surface area contributed by atoms with Gasteiger partial charge in [-0.1, -0.05) is 31.5 Å². The Morgan fingerprint density at radius 2 is 1.91 bits per heavy atom. The maximum absolute atomic E-state index is 11.6. The average Bonchev–Trinajstić information content (AvgIpc) is 3.19. The van der Waals surface area contributed by atoms with Crippen molar-refractivity contribution in [3.63, 3.8) is 0 Å². The highest BCUT2D eigenvalue weighted by molar-refractivity contribution is 7.15. The molecular formula is C23H25ClN4O3S. The summed E-state index contributed by atoms with van der Waals surface area (Å²) in [4.78, 5) is 25.4. The minimum Gasteiger partial charge on any atom is -0.481 e. The van der Waals surface area contributed by atoms with E-state index < -0.39 is 22.9 Å². The Labute approximate surface area is 195 Å². The number of aliphatic carboxylic acids is 1. The number of hydrogen-bond acceptors (Lipinski definition) is 7. The summed E-state index contributed by atoms with van der Waals surface area (Å²) in [6.45, 7) is 5.81. The highest BCUT2D eigenvalue weighted by atomic mass is 35.5. The van der Waals surface area contributed by atoms with Crippen LogP contribution in [0.3, 0.4) is 0 Å². The minimum atomic E-state index is -1.12. The molecule has 4 rings (SSSR count). The molecule has 9 heteroatoms. The van der Waals surface area contributed by atoms with Gasteiger partial charge >= 0.3 is 5.97 Å². The molecule has 0 radical (unpaired) electrons. The van der Waals surface area contributed by atoms with Crippen LogP contribution >= 0.6 is 22.9 Å². The number of carboxylic acids is 1. The van der Waals surface area contributed by atoms with Crippen LogP contribution in [0.25, 0.3) is 10.4 Å². The number of halogens is 1. The lowest BCUT2D eigenvalue weighted by atomic mass is 9.63. The van der Waals surface area contributed by atoms with Gasteiger partial charge in [0.2, 0.25) is 5.95 Å². The summed E-state index contributed by atoms with van der Waals surface area (Å²) >= 11 is 7.30. The zero-order valence-electron chi connectivity index (χ0n) is 18.1. The van der Waals surface area contributed by atoms with Gasteiger partial charge in [0.05, 0.1) is 28.2 Å². The van der Waals surface area contributed by atoms with Crippen LogP contribution in [-0.2, 0) is 10.4 Å². The second-order valence-corrected chi connectivity index (χ2v) is 10.6. The Hall–Kier alpha value is -2.55. The topological polar surface area (TPSA) is 108 Å². The lowest BCUT2D eigenvalue weighted by Crippen LogP contribution is -2.44. The molecule has 0 saturated heterocycles. The van der Waals surface area contributed by atoms with Gasteiger partial charge in [-0.2, -0.15) is 0 Å². The fourth-order valence-corrected chi connectivity index (χ4v) is 5.62. The lowest BCUT2D eigenvalue weighted by Gasteiger charge is -2.44. The van der Waals surface area contributed by atoms with Gasteiger partial charge in [-0.15, -0.1) is 11.3 Å². The first kappa shape index (κ1) is 22.6. The van der Waals surface area contributed by atoms with Crippen LogP contribution in [0, 0.1) is 18.3 Å². The van der Waals surface area contributed by atoms with Gasteiger partial charge in [0.1, 0.15) is 10.6 Å². The van der Waals surface area contributed by atoms with Crippen LogP contribution < -0.4 is 5.32 Å². The monoisotopic (exact) mass is 472 g/mol. The number of carbonyl (C=O) groups is 1. The highest BCUT2D eigenvalue weighted by Crippen LogP contribution is 2.50. The number of anilines is 2. The van der Waals surface area contributed by atoms with Crippen molar-refractivity contribution >= 4 is 40.5 Å². The van der Waals surface area contributed by atoms with Crippen LogP contribution in [0.15, 0.2) is 36.8 Å². The first-order valence-electron chi connectivity index (χ1n) is 10.3. The number of benzene rings is 1. The van der Waals surface area contributed by atoms with E-state index in [4.69, 9.17) is 11.6 Å². The molecule has 2 unspecified atom stereocenters. The van der Waals surface area contributed by atoms with Gasteiger partial charge in [-0.05, 0) is 54.9 Å². The Bertz CT molecular complexity index is 1150. The molecule has 0 bridgehead atoms. The fourth-order valence-electron chi connectivity index (χ4n) is 4.51. The van der Waals surface area contributed by atoms with Crippen molar-refractivity contribution < 1.29 is 15.0 Å². The van der Waals surface area contributed by atoms with E-state index in [1.807, 2.05) is 32.9 Å². The van der Waals surface area contributed by atoms with E-state index >= 15 is 0 Å². The number of rotatable bonds is 5. The number of carboxylic acid groups (broad SMARTS) is 1. The Balaban J connectivity index is 1.59. The van der Waals surface area contributed by atoms with Crippen molar-refractivity contribution in [3.05, 3.63) is 52.4 Å². The molecule has 1 aromatic carbocycles. The summed E-state index contributed by atoms with van der Waals surface area (Å²) in [5.41, 5.74) is 1.20. The average molecular weight is 473 g/mol. The van der Waals surface area contributed by atoms with E-state index in [-0.39, 0.29) is 0 Å². The van der Waals surface area contributed by atoms with Crippen molar-refractivity contribution in [1.29, 1.82) is 0 Å². The molecule has 168 valence electrons. The summed E-state index contributed by atoms with van der Waals surface area (Å²) in [5, 5.41) is 25.2. The van der Waals surface area contributed by atoms with Gasteiger partial charge in [0, 0.05) is 11.9 Å². The van der Waals surface area contributed by atoms with E-state index in [0.29, 0.717) is 35.2 Å². The number of thiazole rings is 1. The van der Waals surface area contributed by atoms with Crippen molar-refractivity contribution in [2.75, 3.05) is 5.32 Å². The fraction of sp³-hybridized carbons (Fsp3) is 0.391. The number of nitrogens with one attached hydrogen (secondary N) is 1. The van der Waals surface area contributed by atoms with Crippen molar-refractivity contribution in [3.8, 4) is 10.4 Å².